The van der Waals surface area contributed by atoms with Crippen LogP contribution in [0.4, 0.5) is 0 Å². The van der Waals surface area contributed by atoms with Crippen molar-refractivity contribution in [1.29, 1.82) is 0 Å². The van der Waals surface area contributed by atoms with E-state index in [1.165, 1.54) is 6.92 Å². The Labute approximate surface area is 147 Å². The third-order valence-electron chi connectivity index (χ3n) is 5.39. The largest absolute Gasteiger partial charge is 0.461 e. The lowest BCUT2D eigenvalue weighted by atomic mass is 9.78. The minimum atomic E-state index is -1.87. The van der Waals surface area contributed by atoms with Crippen molar-refractivity contribution in [3.63, 3.8) is 0 Å². The number of esters is 1. The summed E-state index contributed by atoms with van der Waals surface area (Å²) < 4.78 is 23.4. The van der Waals surface area contributed by atoms with Gasteiger partial charge in [-0.25, -0.2) is 0 Å². The van der Waals surface area contributed by atoms with Gasteiger partial charge in [0.1, 0.15) is 6.10 Å². The molecule has 5 nitrogen and oxygen atoms in total. The van der Waals surface area contributed by atoms with Gasteiger partial charge in [0.05, 0.1) is 18.1 Å². The summed E-state index contributed by atoms with van der Waals surface area (Å²) in [5, 5.41) is 0.132. The second-order valence-electron chi connectivity index (χ2n) is 8.30. The molecule has 140 valence electrons. The van der Waals surface area contributed by atoms with Crippen LogP contribution in [0.1, 0.15) is 41.0 Å². The molecule has 4 atom stereocenters. The van der Waals surface area contributed by atoms with E-state index in [2.05, 4.69) is 40.4 Å². The summed E-state index contributed by atoms with van der Waals surface area (Å²) in [4.78, 5) is 11.5. The van der Waals surface area contributed by atoms with Crippen LogP contribution in [0.25, 0.3) is 0 Å². The zero-order valence-electron chi connectivity index (χ0n) is 16.5. The third-order valence-corrected chi connectivity index (χ3v) is 9.89. The minimum absolute atomic E-state index is 0.132. The van der Waals surface area contributed by atoms with Gasteiger partial charge in [0.15, 0.2) is 14.6 Å². The Bertz CT molecular complexity index is 457. The molecule has 1 aliphatic rings. The van der Waals surface area contributed by atoms with E-state index in [-0.39, 0.29) is 23.2 Å². The van der Waals surface area contributed by atoms with Crippen LogP contribution in [0.15, 0.2) is 12.7 Å². The van der Waals surface area contributed by atoms with Crippen molar-refractivity contribution in [2.75, 3.05) is 13.7 Å². The van der Waals surface area contributed by atoms with E-state index in [1.54, 1.807) is 13.2 Å². The Morgan fingerprint density at radius 1 is 1.42 bits per heavy atom. The highest BCUT2D eigenvalue weighted by Crippen LogP contribution is 2.41. The second-order valence-corrected chi connectivity index (χ2v) is 13.1. The van der Waals surface area contributed by atoms with Crippen molar-refractivity contribution >= 4 is 14.3 Å². The molecular formula is C18H34O5Si. The molecule has 0 saturated carbocycles. The van der Waals surface area contributed by atoms with Crippen molar-refractivity contribution in [2.24, 2.45) is 5.41 Å². The first kappa shape index (κ1) is 21.3. The molecule has 0 radical (unpaired) electrons. The van der Waals surface area contributed by atoms with Gasteiger partial charge in [-0.1, -0.05) is 26.8 Å². The first-order valence-electron chi connectivity index (χ1n) is 8.50. The van der Waals surface area contributed by atoms with Crippen molar-refractivity contribution in [1.82, 2.24) is 0 Å². The molecule has 0 bridgehead atoms. The molecule has 1 fully saturated rings. The SMILES string of the molecule is C=C[C@@]1(C)[C@@H](OC)O[C@H](CO[Si](C)(C)C(C)(C)C)C[C@H]1OC(C)=O. The predicted octanol–water partition coefficient (Wildman–Crippen LogP) is 3.89. The maximum absolute atomic E-state index is 11.5. The smallest absolute Gasteiger partial charge is 0.302 e. The number of hydrogen-bond donors (Lipinski definition) is 0. The Balaban J connectivity index is 2.88. The monoisotopic (exact) mass is 358 g/mol. The summed E-state index contributed by atoms with van der Waals surface area (Å²) in [7, 11) is -0.276. The number of rotatable bonds is 6. The zero-order chi connectivity index (χ0) is 18.8. The van der Waals surface area contributed by atoms with Gasteiger partial charge in [-0.15, -0.1) is 6.58 Å². The van der Waals surface area contributed by atoms with Crippen molar-refractivity contribution in [2.45, 2.75) is 77.7 Å². The van der Waals surface area contributed by atoms with E-state index in [0.29, 0.717) is 13.0 Å². The van der Waals surface area contributed by atoms with Gasteiger partial charge in [-0.3, -0.25) is 4.79 Å². The Kier molecular flexibility index (Phi) is 6.83. The molecule has 1 saturated heterocycles. The molecule has 0 spiro atoms. The van der Waals surface area contributed by atoms with Gasteiger partial charge in [0, 0.05) is 20.5 Å². The molecule has 0 aromatic rings. The molecular weight excluding hydrogens is 324 g/mol. The minimum Gasteiger partial charge on any atom is -0.461 e. The van der Waals surface area contributed by atoms with Crippen LogP contribution in [0.2, 0.25) is 18.1 Å². The van der Waals surface area contributed by atoms with E-state index in [9.17, 15) is 4.79 Å². The maximum atomic E-state index is 11.5. The molecule has 24 heavy (non-hydrogen) atoms. The molecule has 0 unspecified atom stereocenters. The Hall–Kier alpha value is -0.693. The van der Waals surface area contributed by atoms with E-state index in [4.69, 9.17) is 18.6 Å². The topological polar surface area (TPSA) is 54.0 Å². The van der Waals surface area contributed by atoms with Crippen molar-refractivity contribution in [3.05, 3.63) is 12.7 Å². The zero-order valence-corrected chi connectivity index (χ0v) is 17.5. The van der Waals surface area contributed by atoms with Gasteiger partial charge < -0.3 is 18.6 Å². The fourth-order valence-corrected chi connectivity index (χ4v) is 3.59. The lowest BCUT2D eigenvalue weighted by Gasteiger charge is -2.47. The molecule has 1 heterocycles. The normalized spacial score (nSPS) is 31.6. The lowest BCUT2D eigenvalue weighted by Crippen LogP contribution is -2.55. The van der Waals surface area contributed by atoms with Crippen LogP contribution in [0, 0.1) is 5.41 Å². The summed E-state index contributed by atoms with van der Waals surface area (Å²) in [5.41, 5.74) is -0.589. The maximum Gasteiger partial charge on any atom is 0.302 e. The average Bonchev–Trinajstić information content (AvgIpc) is 2.46. The average molecular weight is 359 g/mol. The van der Waals surface area contributed by atoms with Crippen molar-refractivity contribution in [3.8, 4) is 0 Å². The first-order valence-corrected chi connectivity index (χ1v) is 11.4. The molecule has 0 aromatic carbocycles. The Morgan fingerprint density at radius 3 is 2.42 bits per heavy atom. The quantitative estimate of drug-likeness (QED) is 0.409. The number of hydrogen-bond acceptors (Lipinski definition) is 5. The van der Waals surface area contributed by atoms with Gasteiger partial charge in [-0.05, 0) is 25.1 Å². The molecule has 0 aromatic heterocycles. The number of ether oxygens (including phenoxy) is 3. The van der Waals surface area contributed by atoms with E-state index in [0.717, 1.165) is 0 Å². The molecule has 0 aliphatic carbocycles. The summed E-state index contributed by atoms with van der Waals surface area (Å²) in [6, 6.07) is 0. The number of carbonyl (C=O) groups excluding carboxylic acids is 1. The van der Waals surface area contributed by atoms with Crippen LogP contribution >= 0.6 is 0 Å². The summed E-state index contributed by atoms with van der Waals surface area (Å²) in [6.45, 7) is 18.7. The van der Waals surface area contributed by atoms with E-state index < -0.39 is 20.0 Å². The van der Waals surface area contributed by atoms with E-state index in [1.807, 2.05) is 6.92 Å². The molecule has 6 heteroatoms. The van der Waals surface area contributed by atoms with Crippen LogP contribution in [0.3, 0.4) is 0 Å². The Morgan fingerprint density at radius 2 is 2.00 bits per heavy atom. The van der Waals surface area contributed by atoms with Gasteiger partial charge in [0.25, 0.3) is 0 Å². The lowest BCUT2D eigenvalue weighted by molar-refractivity contribution is -0.266. The highest BCUT2D eigenvalue weighted by atomic mass is 28.4. The predicted molar refractivity (Wildman–Crippen MR) is 97.3 cm³/mol. The highest BCUT2D eigenvalue weighted by molar-refractivity contribution is 6.74. The fourth-order valence-electron chi connectivity index (χ4n) is 2.56. The summed E-state index contributed by atoms with van der Waals surface area (Å²) in [5.74, 6) is -0.311. The van der Waals surface area contributed by atoms with Crippen LogP contribution in [0.5, 0.6) is 0 Å². The van der Waals surface area contributed by atoms with Gasteiger partial charge in [-0.2, -0.15) is 0 Å². The standard InChI is InChI=1S/C18H34O5Si/c1-10-18(6)15(22-13(2)19)11-14(23-16(18)20-7)12-21-24(8,9)17(3,4)5/h10,14-16H,1,11-12H2,2-9H3/t14-,15+,16-,18+/m0/s1. The number of methoxy groups -OCH3 is 1. The van der Waals surface area contributed by atoms with Gasteiger partial charge >= 0.3 is 5.97 Å². The highest BCUT2D eigenvalue weighted by Gasteiger charge is 2.49. The van der Waals surface area contributed by atoms with Crippen LogP contribution < -0.4 is 0 Å². The van der Waals surface area contributed by atoms with Crippen LogP contribution in [-0.4, -0.2) is 46.5 Å². The second kappa shape index (κ2) is 7.68. The number of carbonyl (C=O) groups is 1. The molecule has 1 aliphatic heterocycles. The molecule has 0 amide bonds. The summed E-state index contributed by atoms with van der Waals surface area (Å²) >= 11 is 0. The third kappa shape index (κ3) is 4.68. The van der Waals surface area contributed by atoms with E-state index >= 15 is 0 Å². The van der Waals surface area contributed by atoms with Crippen molar-refractivity contribution < 1.29 is 23.4 Å². The summed E-state index contributed by atoms with van der Waals surface area (Å²) in [6.07, 6.45) is 1.26. The van der Waals surface area contributed by atoms with Gasteiger partial charge in [0.2, 0.25) is 0 Å². The first-order chi connectivity index (χ1) is 10.9. The molecule has 0 N–H and O–H groups in total. The van der Waals surface area contributed by atoms with Crippen LogP contribution in [-0.2, 0) is 23.4 Å². The molecule has 1 rings (SSSR count). The fraction of sp³-hybridized carbons (Fsp3) is 0.833.